The van der Waals surface area contributed by atoms with Gasteiger partial charge in [0.15, 0.2) is 0 Å². The summed E-state index contributed by atoms with van der Waals surface area (Å²) in [6.45, 7) is 0. The normalized spacial score (nSPS) is 12.7. The van der Waals surface area contributed by atoms with Gasteiger partial charge in [0.25, 0.3) is 0 Å². The van der Waals surface area contributed by atoms with Gasteiger partial charge in [0.1, 0.15) is 0 Å². The highest BCUT2D eigenvalue weighted by molar-refractivity contribution is 7.77. The average molecular weight is 493 g/mol. The van der Waals surface area contributed by atoms with Crippen molar-refractivity contribution in [2.45, 2.75) is 6.18 Å². The summed E-state index contributed by atoms with van der Waals surface area (Å²) in [6.07, 6.45) is -4.55. The number of pyridine rings is 1. The minimum absolute atomic E-state index is 0.153. The highest BCUT2D eigenvalue weighted by Crippen LogP contribution is 2.36. The molecule has 0 aliphatic carbocycles. The van der Waals surface area contributed by atoms with Crippen LogP contribution in [0, 0.1) is 0 Å². The van der Waals surface area contributed by atoms with Crippen LogP contribution in [0.4, 0.5) is 18.9 Å². The molecule has 5 nitrogen and oxygen atoms in total. The number of anilines is 1. The molecule has 0 fully saturated rings. The van der Waals surface area contributed by atoms with Crippen molar-refractivity contribution in [1.82, 2.24) is 9.82 Å². The first-order chi connectivity index (χ1) is 16.8. The van der Waals surface area contributed by atoms with Gasteiger partial charge in [-0.15, -0.1) is 0 Å². The predicted molar refractivity (Wildman–Crippen MR) is 131 cm³/mol. The molecular weight excluding hydrogens is 475 g/mol. The third-order valence-electron chi connectivity index (χ3n) is 5.65. The molecule has 176 valence electrons. The van der Waals surface area contributed by atoms with Crippen molar-refractivity contribution in [3.05, 3.63) is 96.6 Å². The molecule has 1 aromatic heterocycles. The van der Waals surface area contributed by atoms with E-state index in [1.807, 2.05) is 53.4 Å². The van der Waals surface area contributed by atoms with Crippen LogP contribution in [0.25, 0.3) is 44.1 Å². The lowest BCUT2D eigenvalue weighted by molar-refractivity contribution is -0.137. The highest BCUT2D eigenvalue weighted by atomic mass is 32.2. The van der Waals surface area contributed by atoms with Gasteiger partial charge in [-0.25, -0.2) is 4.98 Å². The van der Waals surface area contributed by atoms with Crippen LogP contribution >= 0.6 is 0 Å². The molecule has 5 aromatic rings. The average Bonchev–Trinajstić information content (AvgIpc) is 2.86. The number of fused-ring (bicyclic) bond motifs is 3. The fraction of sp³-hybridized carbons (Fsp3) is 0.0385. The molecule has 1 atom stereocenters. The Bertz CT molecular complexity index is 1570. The number of hydrazine groups is 1. The number of benzene rings is 4. The molecule has 9 heteroatoms. The fourth-order valence-corrected chi connectivity index (χ4v) is 4.19. The zero-order valence-corrected chi connectivity index (χ0v) is 18.8. The van der Waals surface area contributed by atoms with Crippen LogP contribution in [-0.4, -0.2) is 13.7 Å². The van der Waals surface area contributed by atoms with E-state index in [0.717, 1.165) is 33.7 Å². The number of hydrogen-bond acceptors (Lipinski definition) is 4. The Balaban J connectivity index is 1.58. The molecule has 0 aliphatic rings. The van der Waals surface area contributed by atoms with E-state index in [4.69, 9.17) is 0 Å². The third-order valence-corrected chi connectivity index (χ3v) is 5.92. The largest absolute Gasteiger partial charge is 0.759 e. The van der Waals surface area contributed by atoms with Crippen LogP contribution in [0.3, 0.4) is 0 Å². The lowest BCUT2D eigenvalue weighted by Crippen LogP contribution is -2.23. The minimum atomic E-state index is -4.55. The van der Waals surface area contributed by atoms with Gasteiger partial charge in [-0.3, -0.25) is 4.21 Å². The number of alkyl halides is 3. The Morgan fingerprint density at radius 1 is 0.743 bits per heavy atom. The molecule has 2 N–H and O–H groups in total. The molecule has 1 unspecified atom stereocenters. The maximum atomic E-state index is 13.7. The Hall–Kier alpha value is -3.79. The molecule has 0 bridgehead atoms. The SMILES string of the molecule is O=S([O-])NNc1ccc(-c2cc(C(F)(F)F)cc(-c3ccc4c(ccc5ccccc54)c3)n2)cc1. The zero-order valence-electron chi connectivity index (χ0n) is 18.0. The molecule has 0 radical (unpaired) electrons. The minimum Gasteiger partial charge on any atom is -0.759 e. The Morgan fingerprint density at radius 2 is 1.37 bits per heavy atom. The van der Waals surface area contributed by atoms with E-state index >= 15 is 0 Å². The maximum Gasteiger partial charge on any atom is 0.416 e. The van der Waals surface area contributed by atoms with Crippen molar-refractivity contribution < 1.29 is 21.9 Å². The van der Waals surface area contributed by atoms with E-state index in [1.54, 1.807) is 18.2 Å². The molecule has 0 spiro atoms. The lowest BCUT2D eigenvalue weighted by Gasteiger charge is -2.14. The first-order valence-corrected chi connectivity index (χ1v) is 11.6. The zero-order chi connectivity index (χ0) is 24.6. The van der Waals surface area contributed by atoms with Gasteiger partial charge in [0, 0.05) is 28.1 Å². The molecule has 0 amide bonds. The van der Waals surface area contributed by atoms with Gasteiger partial charge in [0.2, 0.25) is 0 Å². The van der Waals surface area contributed by atoms with E-state index in [9.17, 15) is 21.9 Å². The topological polar surface area (TPSA) is 77.1 Å². The number of halogens is 3. The summed E-state index contributed by atoms with van der Waals surface area (Å²) in [6, 6.07) is 25.7. The van der Waals surface area contributed by atoms with Crippen LogP contribution in [0.1, 0.15) is 5.56 Å². The Labute approximate surface area is 201 Å². The molecule has 35 heavy (non-hydrogen) atoms. The second-order valence-electron chi connectivity index (χ2n) is 7.89. The summed E-state index contributed by atoms with van der Waals surface area (Å²) in [5.41, 5.74) is 3.46. The second-order valence-corrected chi connectivity index (χ2v) is 8.56. The predicted octanol–water partition coefficient (Wildman–Crippen LogP) is 6.45. The summed E-state index contributed by atoms with van der Waals surface area (Å²) in [5, 5.41) is 4.07. The molecular formula is C26H17F3N3O2S-. The number of rotatable bonds is 5. The van der Waals surface area contributed by atoms with E-state index < -0.39 is 23.0 Å². The maximum absolute atomic E-state index is 13.7. The van der Waals surface area contributed by atoms with Crippen molar-refractivity contribution in [2.75, 3.05) is 5.43 Å². The van der Waals surface area contributed by atoms with Crippen LogP contribution in [0.2, 0.25) is 0 Å². The number of nitrogens with one attached hydrogen (secondary N) is 2. The third kappa shape index (κ3) is 4.88. The summed E-state index contributed by atoms with van der Waals surface area (Å²) in [4.78, 5) is 6.53. The second kappa shape index (κ2) is 9.10. The molecule has 5 rings (SSSR count). The number of aromatic nitrogens is 1. The summed E-state index contributed by atoms with van der Waals surface area (Å²) in [7, 11) is 0. The number of nitrogens with zero attached hydrogens (tertiary/aromatic N) is 1. The van der Waals surface area contributed by atoms with Gasteiger partial charge >= 0.3 is 6.18 Å². The fourth-order valence-electron chi connectivity index (χ4n) is 3.99. The van der Waals surface area contributed by atoms with E-state index in [1.165, 1.54) is 12.1 Å². The molecule has 4 aromatic carbocycles. The van der Waals surface area contributed by atoms with Crippen molar-refractivity contribution >= 4 is 38.5 Å². The van der Waals surface area contributed by atoms with Crippen LogP contribution < -0.4 is 10.3 Å². The van der Waals surface area contributed by atoms with Gasteiger partial charge in [-0.05, 0) is 51.9 Å². The Kier molecular flexibility index (Phi) is 5.98. The smallest absolute Gasteiger partial charge is 0.416 e. The van der Waals surface area contributed by atoms with Crippen molar-refractivity contribution in [3.8, 4) is 22.5 Å². The van der Waals surface area contributed by atoms with Gasteiger partial charge in [-0.1, -0.05) is 60.7 Å². The first-order valence-electron chi connectivity index (χ1n) is 10.5. The Morgan fingerprint density at radius 3 is 2.09 bits per heavy atom. The number of hydrogen-bond donors (Lipinski definition) is 2. The summed E-state index contributed by atoms with van der Waals surface area (Å²) < 4.78 is 62.5. The van der Waals surface area contributed by atoms with Crippen molar-refractivity contribution in [1.29, 1.82) is 0 Å². The van der Waals surface area contributed by atoms with Gasteiger partial charge in [0.05, 0.1) is 17.0 Å². The first kappa shape index (κ1) is 23.0. The van der Waals surface area contributed by atoms with Crippen molar-refractivity contribution in [2.24, 2.45) is 0 Å². The lowest BCUT2D eigenvalue weighted by atomic mass is 9.98. The molecule has 0 saturated carbocycles. The van der Waals surface area contributed by atoms with E-state index in [-0.39, 0.29) is 11.4 Å². The molecule has 1 heterocycles. The quantitative estimate of drug-likeness (QED) is 0.168. The molecule has 0 aliphatic heterocycles. The summed E-state index contributed by atoms with van der Waals surface area (Å²) >= 11 is -2.51. The van der Waals surface area contributed by atoms with Gasteiger partial charge in [-0.2, -0.15) is 18.0 Å². The monoisotopic (exact) mass is 492 g/mol. The van der Waals surface area contributed by atoms with Gasteiger partial charge < -0.3 is 9.98 Å². The standard InChI is InChI=1S/C26H18F3N3O2S/c27-26(28,29)20-14-24(17-7-10-21(11-8-17)31-32-35(33)34)30-25(15-20)19-9-12-23-18(13-19)6-5-16-3-1-2-4-22(16)23/h1-15,31-32H,(H,33,34)/p-1. The molecule has 0 saturated heterocycles. The van der Waals surface area contributed by atoms with E-state index in [2.05, 4.69) is 10.4 Å². The highest BCUT2D eigenvalue weighted by Gasteiger charge is 2.32. The van der Waals surface area contributed by atoms with Crippen LogP contribution in [0.5, 0.6) is 0 Å². The van der Waals surface area contributed by atoms with Crippen molar-refractivity contribution in [3.63, 3.8) is 0 Å². The summed E-state index contributed by atoms with van der Waals surface area (Å²) in [5.74, 6) is 0. The van der Waals surface area contributed by atoms with E-state index in [0.29, 0.717) is 16.8 Å². The van der Waals surface area contributed by atoms with Crippen LogP contribution in [0.15, 0.2) is 91.0 Å². The van der Waals surface area contributed by atoms with Crippen LogP contribution in [-0.2, 0) is 17.4 Å².